The summed E-state index contributed by atoms with van der Waals surface area (Å²) in [6.45, 7) is 1.42. The lowest BCUT2D eigenvalue weighted by molar-refractivity contribution is -0.118. The van der Waals surface area contributed by atoms with E-state index < -0.39 is 6.10 Å². The van der Waals surface area contributed by atoms with Gasteiger partial charge in [-0.05, 0) is 6.42 Å². The Morgan fingerprint density at radius 2 is 2.55 bits per heavy atom. The first-order valence-electron chi connectivity index (χ1n) is 3.52. The van der Waals surface area contributed by atoms with Gasteiger partial charge in [-0.25, -0.2) is 0 Å². The Morgan fingerprint density at radius 3 is 3.09 bits per heavy atom. The molecule has 1 amide bonds. The first-order chi connectivity index (χ1) is 5.20. The van der Waals surface area contributed by atoms with Gasteiger partial charge in [0.15, 0.2) is 0 Å². The van der Waals surface area contributed by atoms with Gasteiger partial charge in [-0.15, -0.1) is 0 Å². The molecule has 0 aromatic rings. The van der Waals surface area contributed by atoms with Gasteiger partial charge in [-0.1, -0.05) is 18.2 Å². The molecule has 1 rings (SSSR count). The lowest BCUT2D eigenvalue weighted by Crippen LogP contribution is -2.27. The molecule has 1 aliphatic carbocycles. The molecule has 3 heteroatoms. The van der Waals surface area contributed by atoms with E-state index in [1.54, 1.807) is 12.2 Å². The average Bonchev–Trinajstić information content (AvgIpc) is 1.93. The number of aliphatic hydroxyl groups excluding tert-OH is 1. The van der Waals surface area contributed by atoms with Crippen molar-refractivity contribution in [3.63, 3.8) is 0 Å². The zero-order chi connectivity index (χ0) is 8.27. The van der Waals surface area contributed by atoms with E-state index in [1.807, 2.05) is 6.08 Å². The summed E-state index contributed by atoms with van der Waals surface area (Å²) >= 11 is 0. The number of carbonyl (C=O) groups is 1. The Kier molecular flexibility index (Phi) is 2.44. The maximum atomic E-state index is 10.6. The number of nitrogens with one attached hydrogen (secondary N) is 1. The fourth-order valence-corrected chi connectivity index (χ4v) is 0.955. The van der Waals surface area contributed by atoms with Gasteiger partial charge in [0.1, 0.15) is 6.10 Å². The SMILES string of the molecule is CC(=O)NC1=CCC=CC1O. The van der Waals surface area contributed by atoms with Gasteiger partial charge in [0.05, 0.1) is 0 Å². The molecule has 0 radical (unpaired) electrons. The molecule has 0 bridgehead atoms. The van der Waals surface area contributed by atoms with Crippen molar-refractivity contribution >= 4 is 5.91 Å². The van der Waals surface area contributed by atoms with Crippen LogP contribution in [0.4, 0.5) is 0 Å². The van der Waals surface area contributed by atoms with Crippen LogP contribution in [0, 0.1) is 0 Å². The Morgan fingerprint density at radius 1 is 1.82 bits per heavy atom. The molecule has 3 nitrogen and oxygen atoms in total. The van der Waals surface area contributed by atoms with Crippen LogP contribution in [0.1, 0.15) is 13.3 Å². The fourth-order valence-electron chi connectivity index (χ4n) is 0.955. The molecule has 0 aromatic heterocycles. The molecule has 0 heterocycles. The summed E-state index contributed by atoms with van der Waals surface area (Å²) in [4.78, 5) is 10.6. The van der Waals surface area contributed by atoms with E-state index in [0.29, 0.717) is 5.70 Å². The highest BCUT2D eigenvalue weighted by Crippen LogP contribution is 2.08. The van der Waals surface area contributed by atoms with Gasteiger partial charge in [-0.2, -0.15) is 0 Å². The van der Waals surface area contributed by atoms with Gasteiger partial charge in [0.25, 0.3) is 0 Å². The van der Waals surface area contributed by atoms with E-state index in [2.05, 4.69) is 5.32 Å². The minimum absolute atomic E-state index is 0.148. The lowest BCUT2D eigenvalue weighted by Gasteiger charge is -2.14. The summed E-state index contributed by atoms with van der Waals surface area (Å²) in [5.41, 5.74) is 0.583. The predicted molar refractivity (Wildman–Crippen MR) is 41.7 cm³/mol. The molecule has 1 unspecified atom stereocenters. The maximum absolute atomic E-state index is 10.6. The molecule has 1 aliphatic rings. The van der Waals surface area contributed by atoms with Crippen molar-refractivity contribution in [2.45, 2.75) is 19.4 Å². The molecule has 1 atom stereocenters. The minimum Gasteiger partial charge on any atom is -0.383 e. The van der Waals surface area contributed by atoms with Crippen LogP contribution in [-0.4, -0.2) is 17.1 Å². The quantitative estimate of drug-likeness (QED) is 0.533. The summed E-state index contributed by atoms with van der Waals surface area (Å²) in [6, 6.07) is 0. The second kappa shape index (κ2) is 3.34. The summed E-state index contributed by atoms with van der Waals surface area (Å²) in [5, 5.41) is 11.8. The summed E-state index contributed by atoms with van der Waals surface area (Å²) < 4.78 is 0. The Bertz CT molecular complexity index is 218. The minimum atomic E-state index is -0.646. The van der Waals surface area contributed by atoms with Crippen molar-refractivity contribution in [3.05, 3.63) is 23.9 Å². The molecule has 0 saturated carbocycles. The number of hydrogen-bond acceptors (Lipinski definition) is 2. The number of aliphatic hydroxyl groups is 1. The zero-order valence-electron chi connectivity index (χ0n) is 6.37. The fraction of sp³-hybridized carbons (Fsp3) is 0.375. The molecular weight excluding hydrogens is 142 g/mol. The first-order valence-corrected chi connectivity index (χ1v) is 3.52. The topological polar surface area (TPSA) is 49.3 Å². The Hall–Kier alpha value is -1.09. The standard InChI is InChI=1S/C8H11NO2/c1-6(10)9-7-4-2-3-5-8(7)11/h3-5,8,11H,2H2,1H3,(H,9,10). The van der Waals surface area contributed by atoms with Crippen molar-refractivity contribution < 1.29 is 9.90 Å². The van der Waals surface area contributed by atoms with E-state index in [4.69, 9.17) is 0 Å². The number of hydrogen-bond donors (Lipinski definition) is 2. The van der Waals surface area contributed by atoms with Crippen molar-refractivity contribution in [2.75, 3.05) is 0 Å². The van der Waals surface area contributed by atoms with E-state index in [1.165, 1.54) is 6.92 Å². The van der Waals surface area contributed by atoms with Gasteiger partial charge in [-0.3, -0.25) is 4.79 Å². The second-order valence-electron chi connectivity index (χ2n) is 2.45. The van der Waals surface area contributed by atoms with E-state index >= 15 is 0 Å². The lowest BCUT2D eigenvalue weighted by atomic mass is 10.1. The Labute approximate surface area is 65.4 Å². The third-order valence-corrected chi connectivity index (χ3v) is 1.43. The third-order valence-electron chi connectivity index (χ3n) is 1.43. The second-order valence-corrected chi connectivity index (χ2v) is 2.45. The van der Waals surface area contributed by atoms with Crippen LogP contribution >= 0.6 is 0 Å². The van der Waals surface area contributed by atoms with Crippen molar-refractivity contribution in [1.82, 2.24) is 5.32 Å². The van der Waals surface area contributed by atoms with E-state index in [-0.39, 0.29) is 5.91 Å². The van der Waals surface area contributed by atoms with Gasteiger partial charge >= 0.3 is 0 Å². The average molecular weight is 153 g/mol. The molecule has 0 spiro atoms. The summed E-state index contributed by atoms with van der Waals surface area (Å²) in [5.74, 6) is -0.148. The van der Waals surface area contributed by atoms with E-state index in [9.17, 15) is 9.90 Å². The van der Waals surface area contributed by atoms with E-state index in [0.717, 1.165) is 6.42 Å². The first kappa shape index (κ1) is 8.01. The van der Waals surface area contributed by atoms with Crippen molar-refractivity contribution in [1.29, 1.82) is 0 Å². The largest absolute Gasteiger partial charge is 0.383 e. The van der Waals surface area contributed by atoms with Gasteiger partial charge in [0.2, 0.25) is 5.91 Å². The van der Waals surface area contributed by atoms with Crippen LogP contribution in [0.15, 0.2) is 23.9 Å². The molecular formula is C8H11NO2. The van der Waals surface area contributed by atoms with Crippen LogP contribution in [0.25, 0.3) is 0 Å². The van der Waals surface area contributed by atoms with Crippen LogP contribution in [-0.2, 0) is 4.79 Å². The smallest absolute Gasteiger partial charge is 0.221 e. The van der Waals surface area contributed by atoms with Gasteiger partial charge in [0, 0.05) is 12.6 Å². The molecule has 60 valence electrons. The van der Waals surface area contributed by atoms with Gasteiger partial charge < -0.3 is 10.4 Å². The van der Waals surface area contributed by atoms with Crippen LogP contribution < -0.4 is 5.32 Å². The highest BCUT2D eigenvalue weighted by atomic mass is 16.3. The van der Waals surface area contributed by atoms with Crippen LogP contribution in [0.3, 0.4) is 0 Å². The van der Waals surface area contributed by atoms with Crippen LogP contribution in [0.2, 0.25) is 0 Å². The predicted octanol–water partition coefficient (Wildman–Crippen LogP) is 0.327. The highest BCUT2D eigenvalue weighted by Gasteiger charge is 2.10. The van der Waals surface area contributed by atoms with Crippen molar-refractivity contribution in [2.24, 2.45) is 0 Å². The number of allylic oxidation sites excluding steroid dienone is 2. The summed E-state index contributed by atoms with van der Waals surface area (Å²) in [6.07, 6.45) is 5.44. The molecule has 2 N–H and O–H groups in total. The molecule has 0 aliphatic heterocycles. The number of carbonyl (C=O) groups excluding carboxylic acids is 1. The third kappa shape index (κ3) is 2.20. The monoisotopic (exact) mass is 153 g/mol. The highest BCUT2D eigenvalue weighted by molar-refractivity contribution is 5.75. The molecule has 0 fully saturated rings. The molecule has 0 saturated heterocycles. The maximum Gasteiger partial charge on any atom is 0.221 e. The van der Waals surface area contributed by atoms with Crippen molar-refractivity contribution in [3.8, 4) is 0 Å². The Balaban J connectivity index is 2.57. The number of amides is 1. The normalized spacial score (nSPS) is 22.7. The zero-order valence-corrected chi connectivity index (χ0v) is 6.37. The molecule has 11 heavy (non-hydrogen) atoms. The van der Waals surface area contributed by atoms with Crippen LogP contribution in [0.5, 0.6) is 0 Å². The number of rotatable bonds is 1. The molecule has 0 aromatic carbocycles. The summed E-state index contributed by atoms with van der Waals surface area (Å²) in [7, 11) is 0.